The van der Waals surface area contributed by atoms with Crippen molar-refractivity contribution in [3.8, 4) is 0 Å². The number of carbonyl (C=O) groups excluding carboxylic acids is 1. The lowest BCUT2D eigenvalue weighted by atomic mass is 9.97. The standard InChI is InChI=1S/C13H17BrO/c1-4-10-6-7-12(11(5-2)8-10)13(15)9(3)14/h6-9H,4-5H2,1-3H3. The van der Waals surface area contributed by atoms with E-state index in [4.69, 9.17) is 0 Å². The van der Waals surface area contributed by atoms with E-state index in [0.717, 1.165) is 24.0 Å². The maximum Gasteiger partial charge on any atom is 0.176 e. The molecule has 0 bridgehead atoms. The maximum atomic E-state index is 11.9. The summed E-state index contributed by atoms with van der Waals surface area (Å²) in [5, 5.41) is 0. The molecule has 0 aliphatic carbocycles. The average molecular weight is 269 g/mol. The Kier molecular flexibility index (Phi) is 4.52. The molecule has 15 heavy (non-hydrogen) atoms. The summed E-state index contributed by atoms with van der Waals surface area (Å²) in [4.78, 5) is 11.8. The monoisotopic (exact) mass is 268 g/mol. The van der Waals surface area contributed by atoms with Crippen LogP contribution < -0.4 is 0 Å². The van der Waals surface area contributed by atoms with Crippen molar-refractivity contribution in [1.82, 2.24) is 0 Å². The molecule has 0 aromatic heterocycles. The minimum atomic E-state index is -0.102. The van der Waals surface area contributed by atoms with Crippen LogP contribution in [0, 0.1) is 0 Å². The molecule has 1 rings (SSSR count). The van der Waals surface area contributed by atoms with Crippen LogP contribution in [0.15, 0.2) is 18.2 Å². The Morgan fingerprint density at radius 1 is 1.33 bits per heavy atom. The number of hydrogen-bond donors (Lipinski definition) is 0. The molecule has 0 saturated heterocycles. The van der Waals surface area contributed by atoms with Crippen molar-refractivity contribution in [2.45, 2.75) is 38.4 Å². The molecule has 1 aromatic rings. The normalized spacial score (nSPS) is 12.5. The number of hydrogen-bond acceptors (Lipinski definition) is 1. The molecule has 0 spiro atoms. The van der Waals surface area contributed by atoms with E-state index in [1.165, 1.54) is 5.56 Å². The maximum absolute atomic E-state index is 11.9. The lowest BCUT2D eigenvalue weighted by molar-refractivity contribution is 0.0995. The van der Waals surface area contributed by atoms with Crippen LogP contribution in [0.1, 0.15) is 42.3 Å². The van der Waals surface area contributed by atoms with Crippen molar-refractivity contribution in [3.63, 3.8) is 0 Å². The number of halogens is 1. The minimum Gasteiger partial charge on any atom is -0.293 e. The molecule has 0 heterocycles. The fourth-order valence-electron chi connectivity index (χ4n) is 1.61. The summed E-state index contributed by atoms with van der Waals surface area (Å²) in [6.07, 6.45) is 1.93. The van der Waals surface area contributed by atoms with Crippen LogP contribution in [0.2, 0.25) is 0 Å². The van der Waals surface area contributed by atoms with Crippen LogP contribution in [-0.2, 0) is 12.8 Å². The number of benzene rings is 1. The van der Waals surface area contributed by atoms with Gasteiger partial charge in [0.2, 0.25) is 0 Å². The largest absolute Gasteiger partial charge is 0.293 e. The number of rotatable bonds is 4. The van der Waals surface area contributed by atoms with Crippen molar-refractivity contribution >= 4 is 21.7 Å². The number of aryl methyl sites for hydroxylation is 2. The third-order valence-electron chi connectivity index (χ3n) is 2.59. The van der Waals surface area contributed by atoms with E-state index in [0.29, 0.717) is 0 Å². The molecule has 82 valence electrons. The molecule has 0 amide bonds. The van der Waals surface area contributed by atoms with Crippen molar-refractivity contribution in [2.24, 2.45) is 0 Å². The van der Waals surface area contributed by atoms with Gasteiger partial charge < -0.3 is 0 Å². The molecular weight excluding hydrogens is 252 g/mol. The predicted octanol–water partition coefficient (Wildman–Crippen LogP) is 3.78. The highest BCUT2D eigenvalue weighted by Crippen LogP contribution is 2.17. The van der Waals surface area contributed by atoms with E-state index >= 15 is 0 Å². The predicted molar refractivity (Wildman–Crippen MR) is 67.9 cm³/mol. The first kappa shape index (κ1) is 12.4. The highest BCUT2D eigenvalue weighted by Gasteiger charge is 2.15. The van der Waals surface area contributed by atoms with Gasteiger partial charge in [0.1, 0.15) is 0 Å². The number of Topliss-reactive ketones (excluding diaryl/α,β-unsaturated/α-hetero) is 1. The van der Waals surface area contributed by atoms with E-state index in [1.807, 2.05) is 19.1 Å². The zero-order chi connectivity index (χ0) is 11.4. The second-order valence-electron chi connectivity index (χ2n) is 3.68. The Labute approximate surface area is 100 Å². The first-order chi connectivity index (χ1) is 7.10. The third kappa shape index (κ3) is 2.91. The quantitative estimate of drug-likeness (QED) is 0.600. The van der Waals surface area contributed by atoms with E-state index < -0.39 is 0 Å². The van der Waals surface area contributed by atoms with Crippen LogP contribution in [-0.4, -0.2) is 10.6 Å². The zero-order valence-corrected chi connectivity index (χ0v) is 11.1. The van der Waals surface area contributed by atoms with Gasteiger partial charge in [-0.2, -0.15) is 0 Å². The summed E-state index contributed by atoms with van der Waals surface area (Å²) in [6, 6.07) is 6.14. The molecule has 0 aliphatic heterocycles. The summed E-state index contributed by atoms with van der Waals surface area (Å²) in [6.45, 7) is 6.09. The lowest BCUT2D eigenvalue weighted by Gasteiger charge is -2.10. The molecule has 1 unspecified atom stereocenters. The molecule has 1 atom stereocenters. The Bertz CT molecular complexity index is 356. The van der Waals surface area contributed by atoms with Crippen molar-refractivity contribution in [2.75, 3.05) is 0 Å². The van der Waals surface area contributed by atoms with Gasteiger partial charge in [-0.15, -0.1) is 0 Å². The number of ketones is 1. The van der Waals surface area contributed by atoms with Crippen LogP contribution in [0.25, 0.3) is 0 Å². The summed E-state index contributed by atoms with van der Waals surface area (Å²) in [5.41, 5.74) is 3.32. The molecule has 1 aromatic carbocycles. The van der Waals surface area contributed by atoms with Crippen molar-refractivity contribution in [1.29, 1.82) is 0 Å². The summed E-state index contributed by atoms with van der Waals surface area (Å²) in [7, 11) is 0. The van der Waals surface area contributed by atoms with Gasteiger partial charge in [0.25, 0.3) is 0 Å². The fraction of sp³-hybridized carbons (Fsp3) is 0.462. The summed E-state index contributed by atoms with van der Waals surface area (Å²) in [5.74, 6) is 0.175. The van der Waals surface area contributed by atoms with Crippen molar-refractivity contribution in [3.05, 3.63) is 34.9 Å². The first-order valence-electron chi connectivity index (χ1n) is 5.40. The van der Waals surface area contributed by atoms with Crippen LogP contribution in [0.3, 0.4) is 0 Å². The van der Waals surface area contributed by atoms with E-state index in [-0.39, 0.29) is 10.6 Å². The van der Waals surface area contributed by atoms with Crippen LogP contribution in [0.4, 0.5) is 0 Å². The van der Waals surface area contributed by atoms with Gasteiger partial charge in [0, 0.05) is 5.56 Å². The Morgan fingerprint density at radius 2 is 2.00 bits per heavy atom. The molecular formula is C13H17BrO. The van der Waals surface area contributed by atoms with Gasteiger partial charge in [-0.1, -0.05) is 48.0 Å². The molecule has 1 nitrogen and oxygen atoms in total. The zero-order valence-electron chi connectivity index (χ0n) is 9.51. The Balaban J connectivity index is 3.13. The van der Waals surface area contributed by atoms with Crippen LogP contribution in [0.5, 0.6) is 0 Å². The average Bonchev–Trinajstić information content (AvgIpc) is 2.27. The SMILES string of the molecule is CCc1ccc(C(=O)C(C)Br)c(CC)c1. The lowest BCUT2D eigenvalue weighted by Crippen LogP contribution is -2.12. The number of alkyl halides is 1. The van der Waals surface area contributed by atoms with E-state index in [1.54, 1.807) is 0 Å². The van der Waals surface area contributed by atoms with Gasteiger partial charge in [-0.05, 0) is 30.9 Å². The topological polar surface area (TPSA) is 17.1 Å². The summed E-state index contributed by atoms with van der Waals surface area (Å²) < 4.78 is 0. The third-order valence-corrected chi connectivity index (χ3v) is 3.00. The molecule has 0 saturated carbocycles. The van der Waals surface area contributed by atoms with Crippen LogP contribution >= 0.6 is 15.9 Å². The second kappa shape index (κ2) is 5.45. The van der Waals surface area contributed by atoms with Gasteiger partial charge in [-0.3, -0.25) is 4.79 Å². The smallest absolute Gasteiger partial charge is 0.176 e. The molecule has 0 aliphatic rings. The van der Waals surface area contributed by atoms with Gasteiger partial charge >= 0.3 is 0 Å². The number of carbonyl (C=O) groups is 1. The fourth-order valence-corrected chi connectivity index (χ4v) is 1.86. The molecule has 2 heteroatoms. The van der Waals surface area contributed by atoms with Gasteiger partial charge in [0.05, 0.1) is 4.83 Å². The molecule has 0 N–H and O–H groups in total. The Hall–Kier alpha value is -0.630. The highest BCUT2D eigenvalue weighted by molar-refractivity contribution is 9.10. The Morgan fingerprint density at radius 3 is 2.47 bits per heavy atom. The molecule has 0 radical (unpaired) electrons. The highest BCUT2D eigenvalue weighted by atomic mass is 79.9. The van der Waals surface area contributed by atoms with E-state index in [9.17, 15) is 4.79 Å². The molecule has 0 fully saturated rings. The van der Waals surface area contributed by atoms with E-state index in [2.05, 4.69) is 35.8 Å². The minimum absolute atomic E-state index is 0.102. The first-order valence-corrected chi connectivity index (χ1v) is 6.31. The van der Waals surface area contributed by atoms with Gasteiger partial charge in [-0.25, -0.2) is 0 Å². The van der Waals surface area contributed by atoms with Gasteiger partial charge in [0.15, 0.2) is 5.78 Å². The van der Waals surface area contributed by atoms with Crippen molar-refractivity contribution < 1.29 is 4.79 Å². The second-order valence-corrected chi connectivity index (χ2v) is 5.05. The summed E-state index contributed by atoms with van der Waals surface area (Å²) >= 11 is 3.33.